The predicted octanol–water partition coefficient (Wildman–Crippen LogP) is 1.58. The maximum atomic E-state index is 11.0. The quantitative estimate of drug-likeness (QED) is 0.605. The highest BCUT2D eigenvalue weighted by atomic mass is 16.6. The normalized spacial score (nSPS) is 16.6. The molecule has 0 radical (unpaired) electrons. The summed E-state index contributed by atoms with van der Waals surface area (Å²) in [6.07, 6.45) is 3.48. The standard InChI is InChI=1S/C13H18N4O4/c1-9(8-16-4-2-3-5-16)15-12-11(17(20)21)6-10(7-14-12)13(18)19/h6-7,9H,2-5,8H2,1H3,(H,14,15)(H,18,19). The number of rotatable bonds is 6. The van der Waals surface area contributed by atoms with Crippen molar-refractivity contribution < 1.29 is 14.8 Å². The smallest absolute Gasteiger partial charge is 0.337 e. The molecule has 1 aromatic rings. The Balaban J connectivity index is 2.10. The Bertz CT molecular complexity index is 543. The number of carboxylic acids is 1. The summed E-state index contributed by atoms with van der Waals surface area (Å²) < 4.78 is 0. The van der Waals surface area contributed by atoms with Crippen LogP contribution in [0.3, 0.4) is 0 Å². The van der Waals surface area contributed by atoms with Gasteiger partial charge in [0.1, 0.15) is 0 Å². The van der Waals surface area contributed by atoms with Gasteiger partial charge in [0, 0.05) is 24.8 Å². The van der Waals surface area contributed by atoms with Crippen LogP contribution in [0, 0.1) is 10.1 Å². The van der Waals surface area contributed by atoms with Crippen molar-refractivity contribution in [2.45, 2.75) is 25.8 Å². The molecule has 2 rings (SSSR count). The van der Waals surface area contributed by atoms with Crippen molar-refractivity contribution in [3.8, 4) is 0 Å². The van der Waals surface area contributed by atoms with Crippen LogP contribution in [-0.4, -0.2) is 51.6 Å². The third kappa shape index (κ3) is 3.88. The van der Waals surface area contributed by atoms with Gasteiger partial charge in [-0.2, -0.15) is 0 Å². The van der Waals surface area contributed by atoms with Crippen molar-refractivity contribution in [3.05, 3.63) is 27.9 Å². The molecule has 2 heterocycles. The first kappa shape index (κ1) is 15.2. The summed E-state index contributed by atoms with van der Waals surface area (Å²) in [6, 6.07) is 1.02. The Labute approximate surface area is 121 Å². The van der Waals surface area contributed by atoms with Crippen LogP contribution in [0.15, 0.2) is 12.3 Å². The lowest BCUT2D eigenvalue weighted by molar-refractivity contribution is -0.384. The van der Waals surface area contributed by atoms with Gasteiger partial charge in [-0.15, -0.1) is 0 Å². The number of nitrogens with one attached hydrogen (secondary N) is 1. The number of hydrogen-bond donors (Lipinski definition) is 2. The van der Waals surface area contributed by atoms with Gasteiger partial charge < -0.3 is 15.3 Å². The van der Waals surface area contributed by atoms with Crippen LogP contribution in [-0.2, 0) is 0 Å². The number of aromatic carboxylic acids is 1. The van der Waals surface area contributed by atoms with Gasteiger partial charge in [0.25, 0.3) is 0 Å². The molecule has 0 spiro atoms. The third-order valence-electron chi connectivity index (χ3n) is 3.43. The molecule has 1 fully saturated rings. The minimum absolute atomic E-state index is 0.00928. The Morgan fingerprint density at radius 3 is 2.81 bits per heavy atom. The highest BCUT2D eigenvalue weighted by Crippen LogP contribution is 2.23. The molecular formula is C13H18N4O4. The van der Waals surface area contributed by atoms with Crippen molar-refractivity contribution in [1.29, 1.82) is 0 Å². The molecule has 114 valence electrons. The maximum absolute atomic E-state index is 11.0. The van der Waals surface area contributed by atoms with Crippen LogP contribution in [0.5, 0.6) is 0 Å². The molecule has 1 unspecified atom stereocenters. The van der Waals surface area contributed by atoms with Crippen molar-refractivity contribution in [2.75, 3.05) is 25.0 Å². The molecule has 21 heavy (non-hydrogen) atoms. The first-order valence-electron chi connectivity index (χ1n) is 6.84. The summed E-state index contributed by atoms with van der Waals surface area (Å²) in [7, 11) is 0. The zero-order chi connectivity index (χ0) is 15.4. The van der Waals surface area contributed by atoms with Gasteiger partial charge >= 0.3 is 11.7 Å². The van der Waals surface area contributed by atoms with Crippen LogP contribution >= 0.6 is 0 Å². The van der Waals surface area contributed by atoms with E-state index < -0.39 is 10.9 Å². The second kappa shape index (κ2) is 6.49. The van der Waals surface area contributed by atoms with Crippen LogP contribution in [0.1, 0.15) is 30.1 Å². The summed E-state index contributed by atoms with van der Waals surface area (Å²) >= 11 is 0. The fraction of sp³-hybridized carbons (Fsp3) is 0.538. The number of likely N-dealkylation sites (tertiary alicyclic amines) is 1. The second-order valence-corrected chi connectivity index (χ2v) is 5.21. The fourth-order valence-electron chi connectivity index (χ4n) is 2.45. The second-order valence-electron chi connectivity index (χ2n) is 5.21. The highest BCUT2D eigenvalue weighted by Gasteiger charge is 2.21. The van der Waals surface area contributed by atoms with Crippen molar-refractivity contribution in [2.24, 2.45) is 0 Å². The van der Waals surface area contributed by atoms with Gasteiger partial charge in [-0.25, -0.2) is 9.78 Å². The monoisotopic (exact) mass is 294 g/mol. The van der Waals surface area contributed by atoms with E-state index in [4.69, 9.17) is 5.11 Å². The minimum atomic E-state index is -1.23. The summed E-state index contributed by atoms with van der Waals surface area (Å²) in [6.45, 7) is 4.79. The molecule has 1 aromatic heterocycles. The molecule has 1 aliphatic rings. The van der Waals surface area contributed by atoms with Gasteiger partial charge in [-0.05, 0) is 32.9 Å². The highest BCUT2D eigenvalue weighted by molar-refractivity contribution is 5.88. The lowest BCUT2D eigenvalue weighted by Gasteiger charge is -2.21. The Hall–Kier alpha value is -2.22. The van der Waals surface area contributed by atoms with Gasteiger partial charge in [0.15, 0.2) is 0 Å². The van der Waals surface area contributed by atoms with E-state index in [2.05, 4.69) is 15.2 Å². The van der Waals surface area contributed by atoms with Crippen molar-refractivity contribution in [1.82, 2.24) is 9.88 Å². The summed E-state index contributed by atoms with van der Waals surface area (Å²) in [5.74, 6) is -1.13. The lowest BCUT2D eigenvalue weighted by atomic mass is 10.2. The van der Waals surface area contributed by atoms with E-state index >= 15 is 0 Å². The molecular weight excluding hydrogens is 276 g/mol. The van der Waals surface area contributed by atoms with E-state index in [-0.39, 0.29) is 23.1 Å². The summed E-state index contributed by atoms with van der Waals surface area (Å²) in [5.41, 5.74) is -0.511. The lowest BCUT2D eigenvalue weighted by Crippen LogP contribution is -2.33. The predicted molar refractivity (Wildman–Crippen MR) is 76.6 cm³/mol. The van der Waals surface area contributed by atoms with Gasteiger partial charge in [0.2, 0.25) is 5.82 Å². The van der Waals surface area contributed by atoms with Crippen LogP contribution in [0.2, 0.25) is 0 Å². The number of aromatic nitrogens is 1. The molecule has 8 heteroatoms. The van der Waals surface area contributed by atoms with E-state index in [0.29, 0.717) is 0 Å². The first-order chi connectivity index (χ1) is 9.97. The molecule has 0 amide bonds. The number of nitrogens with zero attached hydrogens (tertiary/aromatic N) is 3. The van der Waals surface area contributed by atoms with E-state index in [0.717, 1.165) is 31.9 Å². The summed E-state index contributed by atoms with van der Waals surface area (Å²) in [5, 5.41) is 22.9. The number of carbonyl (C=O) groups is 1. The zero-order valence-electron chi connectivity index (χ0n) is 11.8. The number of pyridine rings is 1. The SMILES string of the molecule is CC(CN1CCCC1)Nc1ncc(C(=O)O)cc1[N+](=O)[O-]. The molecule has 0 aliphatic carbocycles. The average molecular weight is 294 g/mol. The number of nitro groups is 1. The van der Waals surface area contributed by atoms with Crippen LogP contribution < -0.4 is 5.32 Å². The molecule has 1 atom stereocenters. The largest absolute Gasteiger partial charge is 0.478 e. The number of carboxylic acid groups (broad SMARTS) is 1. The van der Waals surface area contributed by atoms with E-state index in [1.807, 2.05) is 6.92 Å². The van der Waals surface area contributed by atoms with E-state index in [1.54, 1.807) is 0 Å². The Morgan fingerprint density at radius 2 is 2.24 bits per heavy atom. The third-order valence-corrected chi connectivity index (χ3v) is 3.43. The first-order valence-corrected chi connectivity index (χ1v) is 6.84. The maximum Gasteiger partial charge on any atom is 0.337 e. The molecule has 0 aromatic carbocycles. The molecule has 2 N–H and O–H groups in total. The van der Waals surface area contributed by atoms with Gasteiger partial charge in [-0.3, -0.25) is 10.1 Å². The number of anilines is 1. The number of hydrogen-bond acceptors (Lipinski definition) is 6. The zero-order valence-corrected chi connectivity index (χ0v) is 11.8. The molecule has 1 saturated heterocycles. The minimum Gasteiger partial charge on any atom is -0.478 e. The molecule has 0 saturated carbocycles. The van der Waals surface area contributed by atoms with Crippen molar-refractivity contribution in [3.63, 3.8) is 0 Å². The molecule has 0 bridgehead atoms. The Morgan fingerprint density at radius 1 is 1.57 bits per heavy atom. The topological polar surface area (TPSA) is 109 Å². The Kier molecular flexibility index (Phi) is 4.69. The van der Waals surface area contributed by atoms with E-state index in [1.165, 1.54) is 12.8 Å². The molecule has 1 aliphatic heterocycles. The van der Waals surface area contributed by atoms with Gasteiger partial charge in [-0.1, -0.05) is 0 Å². The van der Waals surface area contributed by atoms with Gasteiger partial charge in [0.05, 0.1) is 10.5 Å². The van der Waals surface area contributed by atoms with Crippen molar-refractivity contribution >= 4 is 17.5 Å². The summed E-state index contributed by atoms with van der Waals surface area (Å²) in [4.78, 5) is 27.4. The van der Waals surface area contributed by atoms with Crippen LogP contribution in [0.4, 0.5) is 11.5 Å². The van der Waals surface area contributed by atoms with E-state index in [9.17, 15) is 14.9 Å². The molecule has 8 nitrogen and oxygen atoms in total. The average Bonchev–Trinajstić information content (AvgIpc) is 2.91. The fourth-order valence-corrected chi connectivity index (χ4v) is 2.45. The van der Waals surface area contributed by atoms with Crippen LogP contribution in [0.25, 0.3) is 0 Å².